The number of imidazole rings is 1. The van der Waals surface area contributed by atoms with Crippen LogP contribution in [0.2, 0.25) is 0 Å². The summed E-state index contributed by atoms with van der Waals surface area (Å²) in [6, 6.07) is 11.8. The van der Waals surface area contributed by atoms with Crippen molar-refractivity contribution in [3.63, 3.8) is 0 Å². The highest BCUT2D eigenvalue weighted by Crippen LogP contribution is 2.42. The fraction of sp³-hybridized carbons (Fsp3) is 0.409. The van der Waals surface area contributed by atoms with Gasteiger partial charge in [-0.25, -0.2) is 4.98 Å². The van der Waals surface area contributed by atoms with Gasteiger partial charge < -0.3 is 14.6 Å². The number of carbonyl (C=O) groups excluding carboxylic acids is 1. The van der Waals surface area contributed by atoms with Crippen molar-refractivity contribution in [2.75, 3.05) is 13.1 Å². The van der Waals surface area contributed by atoms with E-state index in [-0.39, 0.29) is 11.9 Å². The predicted molar refractivity (Wildman–Crippen MR) is 106 cm³/mol. The summed E-state index contributed by atoms with van der Waals surface area (Å²) < 4.78 is 2.12. The molecule has 0 bridgehead atoms. The van der Waals surface area contributed by atoms with Crippen molar-refractivity contribution in [3.05, 3.63) is 60.2 Å². The van der Waals surface area contributed by atoms with Gasteiger partial charge in [0.25, 0.3) is 5.91 Å². The predicted octanol–water partition coefficient (Wildman–Crippen LogP) is 2.82. The van der Waals surface area contributed by atoms with Crippen LogP contribution in [0, 0.1) is 18.8 Å². The van der Waals surface area contributed by atoms with Crippen molar-refractivity contribution in [2.24, 2.45) is 11.8 Å². The molecule has 1 aromatic carbocycles. The van der Waals surface area contributed by atoms with Crippen molar-refractivity contribution < 1.29 is 9.90 Å². The van der Waals surface area contributed by atoms with Crippen LogP contribution >= 0.6 is 0 Å². The number of fused-ring (bicyclic) bond motifs is 2. The van der Waals surface area contributed by atoms with Crippen LogP contribution < -0.4 is 0 Å². The van der Waals surface area contributed by atoms with Crippen molar-refractivity contribution in [2.45, 2.75) is 31.9 Å². The molecule has 144 valence electrons. The average molecular weight is 376 g/mol. The lowest BCUT2D eigenvalue weighted by atomic mass is 9.77. The molecule has 1 amide bonds. The van der Waals surface area contributed by atoms with Crippen LogP contribution in [-0.4, -0.2) is 49.6 Å². The highest BCUT2D eigenvalue weighted by Gasteiger charge is 2.43. The van der Waals surface area contributed by atoms with Crippen LogP contribution in [0.25, 0.3) is 11.0 Å². The number of para-hydroxylation sites is 2. The zero-order chi connectivity index (χ0) is 19.3. The first-order valence-electron chi connectivity index (χ1n) is 9.91. The van der Waals surface area contributed by atoms with E-state index < -0.39 is 6.10 Å². The standard InChI is InChI=1S/C22H24N4O2/c1-14-6-7-15(10-23-14)22(28)25-11-16-8-20(21(27)9-17(16)12-25)26-13-24-18-4-2-3-5-19(18)26/h2-7,10,13,16-17,20-21,27H,8-9,11-12H2,1H3/t16-,17+,20-,21-/m1/s1. The smallest absolute Gasteiger partial charge is 0.255 e. The number of nitrogens with zero attached hydrogens (tertiary/aromatic N) is 4. The molecule has 1 saturated heterocycles. The number of hydrogen-bond donors (Lipinski definition) is 1. The highest BCUT2D eigenvalue weighted by molar-refractivity contribution is 5.94. The molecule has 5 rings (SSSR count). The lowest BCUT2D eigenvalue weighted by molar-refractivity contribution is 0.0374. The number of aliphatic hydroxyl groups is 1. The van der Waals surface area contributed by atoms with Gasteiger partial charge in [0.2, 0.25) is 0 Å². The second kappa shape index (κ2) is 6.71. The molecule has 1 aliphatic heterocycles. The van der Waals surface area contributed by atoms with Crippen LogP contribution in [0.1, 0.15) is 34.9 Å². The van der Waals surface area contributed by atoms with Gasteiger partial charge in [0, 0.05) is 25.0 Å². The molecular weight excluding hydrogens is 352 g/mol. The molecule has 1 saturated carbocycles. The minimum atomic E-state index is -0.421. The van der Waals surface area contributed by atoms with E-state index in [2.05, 4.69) is 20.6 Å². The number of pyridine rings is 1. The van der Waals surface area contributed by atoms with Crippen LogP contribution in [0.5, 0.6) is 0 Å². The molecule has 28 heavy (non-hydrogen) atoms. The van der Waals surface area contributed by atoms with Crippen molar-refractivity contribution in [1.82, 2.24) is 19.4 Å². The summed E-state index contributed by atoms with van der Waals surface area (Å²) in [4.78, 5) is 23.5. The van der Waals surface area contributed by atoms with Gasteiger partial charge in [-0.1, -0.05) is 12.1 Å². The van der Waals surface area contributed by atoms with E-state index in [4.69, 9.17) is 0 Å². The van der Waals surface area contributed by atoms with E-state index >= 15 is 0 Å². The molecule has 3 heterocycles. The van der Waals surface area contributed by atoms with E-state index in [1.807, 2.05) is 48.5 Å². The third kappa shape index (κ3) is 2.88. The number of likely N-dealkylation sites (tertiary alicyclic amines) is 1. The summed E-state index contributed by atoms with van der Waals surface area (Å²) in [7, 11) is 0. The molecule has 2 aliphatic rings. The number of hydrogen-bond acceptors (Lipinski definition) is 4. The number of aromatic nitrogens is 3. The Morgan fingerprint density at radius 2 is 1.86 bits per heavy atom. The lowest BCUT2D eigenvalue weighted by Crippen LogP contribution is -2.36. The molecule has 6 heteroatoms. The van der Waals surface area contributed by atoms with E-state index in [9.17, 15) is 9.90 Å². The molecule has 0 radical (unpaired) electrons. The third-order valence-electron chi connectivity index (χ3n) is 6.39. The van der Waals surface area contributed by atoms with Crippen molar-refractivity contribution in [3.8, 4) is 0 Å². The Labute approximate surface area is 163 Å². The maximum absolute atomic E-state index is 12.9. The lowest BCUT2D eigenvalue weighted by Gasteiger charge is -2.36. The second-order valence-corrected chi connectivity index (χ2v) is 8.17. The van der Waals surface area contributed by atoms with E-state index in [1.54, 1.807) is 6.20 Å². The zero-order valence-corrected chi connectivity index (χ0v) is 15.9. The summed E-state index contributed by atoms with van der Waals surface area (Å²) in [6.07, 6.45) is 4.67. The van der Waals surface area contributed by atoms with Gasteiger partial charge in [-0.2, -0.15) is 0 Å². The Kier molecular flexibility index (Phi) is 4.16. The van der Waals surface area contributed by atoms with Gasteiger partial charge in [0.1, 0.15) is 0 Å². The molecule has 1 aliphatic carbocycles. The normalized spacial score (nSPS) is 27.1. The summed E-state index contributed by atoms with van der Waals surface area (Å²) >= 11 is 0. The molecule has 6 nitrogen and oxygen atoms in total. The van der Waals surface area contributed by atoms with Gasteiger partial charge in [-0.3, -0.25) is 9.78 Å². The fourth-order valence-electron chi connectivity index (χ4n) is 4.89. The first kappa shape index (κ1) is 17.4. The van der Waals surface area contributed by atoms with Gasteiger partial charge in [0.05, 0.1) is 35.1 Å². The molecule has 2 fully saturated rings. The maximum Gasteiger partial charge on any atom is 0.255 e. The number of aryl methyl sites for hydroxylation is 1. The fourth-order valence-corrected chi connectivity index (χ4v) is 4.89. The van der Waals surface area contributed by atoms with E-state index in [1.165, 1.54) is 0 Å². The Bertz CT molecular complexity index is 1010. The molecule has 0 unspecified atom stereocenters. The molecule has 3 aromatic rings. The molecule has 4 atom stereocenters. The summed E-state index contributed by atoms with van der Waals surface area (Å²) in [5, 5.41) is 10.9. The maximum atomic E-state index is 12.9. The molecular formula is C22H24N4O2. The van der Waals surface area contributed by atoms with Gasteiger partial charge in [-0.15, -0.1) is 0 Å². The van der Waals surface area contributed by atoms with Gasteiger partial charge in [0.15, 0.2) is 0 Å². The monoisotopic (exact) mass is 376 g/mol. The van der Waals surface area contributed by atoms with E-state index in [0.717, 1.165) is 36.1 Å². The van der Waals surface area contributed by atoms with Crippen molar-refractivity contribution in [1.29, 1.82) is 0 Å². The largest absolute Gasteiger partial charge is 0.391 e. The SMILES string of the molecule is Cc1ccc(C(=O)N2C[C@H]3C[C@@H](n4cnc5ccccc54)[C@H](O)C[C@H]3C2)cn1. The summed E-state index contributed by atoms with van der Waals surface area (Å²) in [6.45, 7) is 3.37. The number of amides is 1. The number of carbonyl (C=O) groups is 1. The molecule has 1 N–H and O–H groups in total. The van der Waals surface area contributed by atoms with Gasteiger partial charge >= 0.3 is 0 Å². The minimum Gasteiger partial charge on any atom is -0.391 e. The first-order valence-corrected chi connectivity index (χ1v) is 9.91. The first-order chi connectivity index (χ1) is 13.6. The van der Waals surface area contributed by atoms with E-state index in [0.29, 0.717) is 23.9 Å². The Morgan fingerprint density at radius 1 is 1.07 bits per heavy atom. The summed E-state index contributed by atoms with van der Waals surface area (Å²) in [5.74, 6) is 0.793. The minimum absolute atomic E-state index is 0.00439. The zero-order valence-electron chi connectivity index (χ0n) is 15.9. The van der Waals surface area contributed by atoms with Crippen LogP contribution in [-0.2, 0) is 0 Å². The van der Waals surface area contributed by atoms with Crippen LogP contribution in [0.3, 0.4) is 0 Å². The molecule has 2 aromatic heterocycles. The highest BCUT2D eigenvalue weighted by atomic mass is 16.3. The Hall–Kier alpha value is -2.73. The van der Waals surface area contributed by atoms with Crippen LogP contribution in [0.4, 0.5) is 0 Å². The number of aliphatic hydroxyl groups excluding tert-OH is 1. The van der Waals surface area contributed by atoms with Gasteiger partial charge in [-0.05, 0) is 55.9 Å². The van der Waals surface area contributed by atoms with Crippen LogP contribution in [0.15, 0.2) is 48.9 Å². The average Bonchev–Trinajstić information content (AvgIpc) is 3.31. The number of benzene rings is 1. The molecule has 0 spiro atoms. The quantitative estimate of drug-likeness (QED) is 0.747. The number of rotatable bonds is 2. The Morgan fingerprint density at radius 3 is 2.64 bits per heavy atom. The van der Waals surface area contributed by atoms with Crippen molar-refractivity contribution >= 4 is 16.9 Å². The summed E-state index contributed by atoms with van der Waals surface area (Å²) in [5.41, 5.74) is 3.56. The third-order valence-corrected chi connectivity index (χ3v) is 6.39. The topological polar surface area (TPSA) is 71.2 Å². The second-order valence-electron chi connectivity index (χ2n) is 8.17. The Balaban J connectivity index is 1.35.